The van der Waals surface area contributed by atoms with Gasteiger partial charge in [-0.2, -0.15) is 0 Å². The van der Waals surface area contributed by atoms with Crippen LogP contribution >= 0.6 is 0 Å². The molecule has 2 aromatic carbocycles. The Hall–Kier alpha value is -4.21. The Bertz CT molecular complexity index is 1230. The van der Waals surface area contributed by atoms with Crippen LogP contribution in [0.25, 0.3) is 11.1 Å². The molecule has 8 nitrogen and oxygen atoms in total. The van der Waals surface area contributed by atoms with Crippen LogP contribution in [0.4, 0.5) is 19.3 Å². The summed E-state index contributed by atoms with van der Waals surface area (Å²) in [6.45, 7) is 0. The van der Waals surface area contributed by atoms with E-state index in [9.17, 15) is 33.4 Å². The van der Waals surface area contributed by atoms with Crippen molar-refractivity contribution in [2.45, 2.75) is 12.5 Å². The number of nitrogens with one attached hydrogen (secondary N) is 2. The Morgan fingerprint density at radius 1 is 1.09 bits per heavy atom. The van der Waals surface area contributed by atoms with Crippen LogP contribution in [0.1, 0.15) is 18.0 Å². The normalized spacial score (nSPS) is 11.6. The van der Waals surface area contributed by atoms with Crippen molar-refractivity contribution in [1.29, 1.82) is 0 Å². The van der Waals surface area contributed by atoms with Gasteiger partial charge in [-0.05, 0) is 29.3 Å². The number of carbonyl (C=O) groups excluding carboxylic acids is 1. The molecule has 0 saturated carbocycles. The Labute approximate surface area is 180 Å². The molecule has 1 atom stereocenters. The second kappa shape index (κ2) is 9.29. The van der Waals surface area contributed by atoms with Crippen molar-refractivity contribution in [2.24, 2.45) is 7.05 Å². The topological polar surface area (TPSA) is 121 Å². The number of halogens is 2. The molecule has 2 amide bonds. The van der Waals surface area contributed by atoms with Gasteiger partial charge in [0, 0.05) is 24.9 Å². The first-order chi connectivity index (χ1) is 15.2. The van der Waals surface area contributed by atoms with Crippen molar-refractivity contribution in [2.75, 3.05) is 5.32 Å². The molecule has 3 rings (SSSR count). The van der Waals surface area contributed by atoms with Gasteiger partial charge < -0.3 is 25.4 Å². The number of pyridine rings is 1. The lowest BCUT2D eigenvalue weighted by atomic mass is 9.99. The van der Waals surface area contributed by atoms with Gasteiger partial charge in [-0.25, -0.2) is 13.6 Å². The highest BCUT2D eigenvalue weighted by Crippen LogP contribution is 2.26. The van der Waals surface area contributed by atoms with Gasteiger partial charge in [0.15, 0.2) is 5.69 Å². The van der Waals surface area contributed by atoms with Crippen LogP contribution in [0.15, 0.2) is 59.5 Å². The molecular formula is C22H19F2N3O5. The second-order valence-electron chi connectivity index (χ2n) is 6.99. The number of amides is 2. The number of anilines is 1. The molecule has 10 heteroatoms. The summed E-state index contributed by atoms with van der Waals surface area (Å²) in [4.78, 5) is 35.8. The van der Waals surface area contributed by atoms with Crippen LogP contribution in [0.3, 0.4) is 0 Å². The molecule has 1 aromatic heterocycles. The molecule has 0 bridgehead atoms. The molecule has 0 saturated heterocycles. The number of carbonyl (C=O) groups is 2. The highest BCUT2D eigenvalue weighted by molar-refractivity contribution is 5.91. The van der Waals surface area contributed by atoms with Gasteiger partial charge in [0.25, 0.3) is 5.56 Å². The molecule has 3 aromatic rings. The lowest BCUT2D eigenvalue weighted by Crippen LogP contribution is -2.35. The van der Waals surface area contributed by atoms with Gasteiger partial charge >= 0.3 is 12.0 Å². The van der Waals surface area contributed by atoms with E-state index in [1.165, 1.54) is 49.6 Å². The average Bonchev–Trinajstić information content (AvgIpc) is 2.73. The van der Waals surface area contributed by atoms with E-state index in [0.29, 0.717) is 11.1 Å². The molecule has 0 radical (unpaired) electrons. The number of benzene rings is 2. The summed E-state index contributed by atoms with van der Waals surface area (Å²) >= 11 is 0. The number of nitrogens with zero attached hydrogens (tertiary/aromatic N) is 1. The molecular weight excluding hydrogens is 424 g/mol. The molecule has 0 aliphatic heterocycles. The number of hydrogen-bond donors (Lipinski definition) is 4. The molecule has 166 valence electrons. The van der Waals surface area contributed by atoms with Gasteiger partial charge in [0.2, 0.25) is 0 Å². The van der Waals surface area contributed by atoms with Crippen molar-refractivity contribution >= 4 is 17.7 Å². The Morgan fingerprint density at radius 2 is 1.78 bits per heavy atom. The lowest BCUT2D eigenvalue weighted by molar-refractivity contribution is -0.137. The van der Waals surface area contributed by atoms with Gasteiger partial charge in [-0.3, -0.25) is 9.59 Å². The summed E-state index contributed by atoms with van der Waals surface area (Å²) in [6.07, 6.45) is 0.843. The number of hydrogen-bond acceptors (Lipinski definition) is 4. The van der Waals surface area contributed by atoms with Crippen molar-refractivity contribution in [3.05, 3.63) is 82.3 Å². The molecule has 4 N–H and O–H groups in total. The fourth-order valence-electron chi connectivity index (χ4n) is 3.09. The summed E-state index contributed by atoms with van der Waals surface area (Å²) < 4.78 is 28.3. The van der Waals surface area contributed by atoms with Crippen LogP contribution < -0.4 is 16.2 Å². The third-order valence-corrected chi connectivity index (χ3v) is 4.72. The van der Waals surface area contributed by atoms with E-state index in [4.69, 9.17) is 0 Å². The average molecular weight is 443 g/mol. The van der Waals surface area contributed by atoms with E-state index in [2.05, 4.69) is 10.6 Å². The quantitative estimate of drug-likeness (QED) is 0.466. The molecule has 0 spiro atoms. The highest BCUT2D eigenvalue weighted by atomic mass is 19.1. The number of rotatable bonds is 6. The number of aryl methyl sites for hydroxylation is 1. The fourth-order valence-corrected chi connectivity index (χ4v) is 3.09. The number of carboxylic acid groups (broad SMARTS) is 1. The number of urea groups is 1. The standard InChI is InChI=1S/C22H19F2N3O5/c1-27-9-8-18(28)20(21(27)31)26-22(32)25-17(11-19(29)30)13-4-2-12(3-5-13)15-7-6-14(23)10-16(15)24/h2-10,17,28H,11H2,1H3,(H,29,30)(H2,25,26,32). The monoisotopic (exact) mass is 443 g/mol. The molecule has 32 heavy (non-hydrogen) atoms. The maximum absolute atomic E-state index is 14.0. The first kappa shape index (κ1) is 22.5. The van der Waals surface area contributed by atoms with Crippen molar-refractivity contribution < 1.29 is 28.6 Å². The number of aromatic hydroxyl groups is 1. The number of aromatic nitrogens is 1. The number of aliphatic carboxylic acids is 1. The maximum atomic E-state index is 14.0. The Morgan fingerprint density at radius 3 is 2.41 bits per heavy atom. The van der Waals surface area contributed by atoms with E-state index >= 15 is 0 Å². The minimum absolute atomic E-state index is 0.161. The SMILES string of the molecule is Cn1ccc(O)c(NC(=O)NC(CC(=O)O)c2ccc(-c3ccc(F)cc3F)cc2)c1=O. The molecule has 1 unspecified atom stereocenters. The van der Waals surface area contributed by atoms with E-state index in [1.54, 1.807) is 0 Å². The zero-order valence-corrected chi connectivity index (χ0v) is 16.8. The van der Waals surface area contributed by atoms with Crippen LogP contribution in [0, 0.1) is 11.6 Å². The predicted octanol–water partition coefficient (Wildman–Crippen LogP) is 3.37. The van der Waals surface area contributed by atoms with Crippen molar-refractivity contribution in [3.8, 4) is 16.9 Å². The van der Waals surface area contributed by atoms with E-state index in [1.807, 2.05) is 0 Å². The summed E-state index contributed by atoms with van der Waals surface area (Å²) in [5.74, 6) is -3.09. The maximum Gasteiger partial charge on any atom is 0.319 e. The molecule has 1 heterocycles. The van der Waals surface area contributed by atoms with Crippen LogP contribution in [-0.4, -0.2) is 26.8 Å². The fraction of sp³-hybridized carbons (Fsp3) is 0.136. The van der Waals surface area contributed by atoms with E-state index < -0.39 is 47.4 Å². The highest BCUT2D eigenvalue weighted by Gasteiger charge is 2.20. The van der Waals surface area contributed by atoms with Crippen molar-refractivity contribution in [1.82, 2.24) is 9.88 Å². The third-order valence-electron chi connectivity index (χ3n) is 4.72. The van der Waals surface area contributed by atoms with Gasteiger partial charge in [0.05, 0.1) is 12.5 Å². The van der Waals surface area contributed by atoms with Crippen molar-refractivity contribution in [3.63, 3.8) is 0 Å². The largest absolute Gasteiger partial charge is 0.505 e. The first-order valence-electron chi connectivity index (χ1n) is 9.39. The number of carboxylic acids is 1. The summed E-state index contributed by atoms with van der Waals surface area (Å²) in [5, 5.41) is 23.7. The molecule has 0 aliphatic carbocycles. The van der Waals surface area contributed by atoms with Crippen LogP contribution in [0.5, 0.6) is 5.75 Å². The molecule has 0 aliphatic rings. The Balaban J connectivity index is 1.82. The second-order valence-corrected chi connectivity index (χ2v) is 6.99. The predicted molar refractivity (Wildman–Crippen MR) is 112 cm³/mol. The van der Waals surface area contributed by atoms with Gasteiger partial charge in [0.1, 0.15) is 17.4 Å². The lowest BCUT2D eigenvalue weighted by Gasteiger charge is -2.19. The minimum Gasteiger partial charge on any atom is -0.505 e. The first-order valence-corrected chi connectivity index (χ1v) is 9.39. The third kappa shape index (κ3) is 5.09. The minimum atomic E-state index is -1.19. The Kier molecular flexibility index (Phi) is 6.53. The van der Waals surface area contributed by atoms with Gasteiger partial charge in [-0.15, -0.1) is 0 Å². The summed E-state index contributed by atoms with van der Waals surface area (Å²) in [7, 11) is 1.43. The summed E-state index contributed by atoms with van der Waals surface area (Å²) in [6, 6.07) is 8.53. The van der Waals surface area contributed by atoms with Crippen LogP contribution in [-0.2, 0) is 11.8 Å². The van der Waals surface area contributed by atoms with Gasteiger partial charge in [-0.1, -0.05) is 24.3 Å². The molecule has 0 fully saturated rings. The van der Waals surface area contributed by atoms with E-state index in [0.717, 1.165) is 16.7 Å². The zero-order chi connectivity index (χ0) is 23.4. The van der Waals surface area contributed by atoms with Crippen LogP contribution in [0.2, 0.25) is 0 Å². The smallest absolute Gasteiger partial charge is 0.319 e. The van der Waals surface area contributed by atoms with E-state index in [-0.39, 0.29) is 11.3 Å². The summed E-state index contributed by atoms with van der Waals surface area (Å²) in [5.41, 5.74) is -0.0142. The zero-order valence-electron chi connectivity index (χ0n) is 16.8.